The van der Waals surface area contributed by atoms with Crippen LogP contribution in [0.25, 0.3) is 11.1 Å². The Morgan fingerprint density at radius 2 is 1.22 bits per heavy atom. The summed E-state index contributed by atoms with van der Waals surface area (Å²) in [6.07, 6.45) is 0.349. The smallest absolute Gasteiger partial charge is 0.227 e. The van der Waals surface area contributed by atoms with Gasteiger partial charge < -0.3 is 9.64 Å². The van der Waals surface area contributed by atoms with Crippen LogP contribution in [0.4, 0.5) is 0 Å². The predicted molar refractivity (Wildman–Crippen MR) is 129 cm³/mol. The lowest BCUT2D eigenvalue weighted by atomic mass is 9.97. The van der Waals surface area contributed by atoms with Crippen molar-refractivity contribution in [2.24, 2.45) is 0 Å². The molecule has 0 fully saturated rings. The third-order valence-corrected chi connectivity index (χ3v) is 5.55. The van der Waals surface area contributed by atoms with E-state index in [1.165, 1.54) is 0 Å². The van der Waals surface area contributed by atoms with Crippen LogP contribution in [0.3, 0.4) is 0 Å². The Bertz CT molecular complexity index is 1100. The molecule has 0 unspecified atom stereocenters. The maximum atomic E-state index is 13.5. The average molecular weight is 422 g/mol. The fourth-order valence-electron chi connectivity index (χ4n) is 3.84. The first kappa shape index (κ1) is 21.4. The standard InChI is InChI=1S/C29H27NO2/c1-32-27-18-16-25(17-19-27)28-15-9-8-14-26(28)20-29(31)30(21-23-10-4-2-5-11-23)22-24-12-6-3-7-13-24/h2-19H,20-22H2,1H3. The largest absolute Gasteiger partial charge is 0.497 e. The van der Waals surface area contributed by atoms with Crippen LogP contribution in [-0.4, -0.2) is 17.9 Å². The van der Waals surface area contributed by atoms with Gasteiger partial charge in [0.25, 0.3) is 0 Å². The van der Waals surface area contributed by atoms with Gasteiger partial charge in [-0.2, -0.15) is 0 Å². The number of carbonyl (C=O) groups is 1. The Labute approximate surface area is 189 Å². The van der Waals surface area contributed by atoms with E-state index >= 15 is 0 Å². The molecule has 0 atom stereocenters. The first-order valence-electron chi connectivity index (χ1n) is 10.8. The molecule has 3 heteroatoms. The number of carbonyl (C=O) groups excluding carboxylic acids is 1. The molecule has 3 nitrogen and oxygen atoms in total. The molecule has 0 radical (unpaired) electrons. The van der Waals surface area contributed by atoms with Gasteiger partial charge in [0, 0.05) is 13.1 Å². The van der Waals surface area contributed by atoms with Gasteiger partial charge in [0.05, 0.1) is 13.5 Å². The molecule has 0 aliphatic rings. The summed E-state index contributed by atoms with van der Waals surface area (Å²) in [6.45, 7) is 1.17. The van der Waals surface area contributed by atoms with Crippen molar-refractivity contribution in [2.45, 2.75) is 19.5 Å². The highest BCUT2D eigenvalue weighted by molar-refractivity contribution is 5.82. The molecule has 32 heavy (non-hydrogen) atoms. The number of rotatable bonds is 8. The second kappa shape index (κ2) is 10.5. The average Bonchev–Trinajstić information content (AvgIpc) is 2.85. The number of benzene rings is 4. The van der Waals surface area contributed by atoms with Crippen LogP contribution >= 0.6 is 0 Å². The molecule has 4 rings (SSSR count). The van der Waals surface area contributed by atoms with E-state index in [-0.39, 0.29) is 5.91 Å². The van der Waals surface area contributed by atoms with Gasteiger partial charge in [-0.25, -0.2) is 0 Å². The molecule has 0 heterocycles. The first-order valence-corrected chi connectivity index (χ1v) is 10.8. The summed E-state index contributed by atoms with van der Waals surface area (Å²) in [5, 5.41) is 0. The molecule has 0 saturated heterocycles. The van der Waals surface area contributed by atoms with Gasteiger partial charge >= 0.3 is 0 Å². The zero-order valence-electron chi connectivity index (χ0n) is 18.3. The van der Waals surface area contributed by atoms with Crippen LogP contribution in [0.5, 0.6) is 5.75 Å². The maximum absolute atomic E-state index is 13.5. The Balaban J connectivity index is 1.59. The number of hydrogen-bond acceptors (Lipinski definition) is 2. The molecule has 4 aromatic rings. The molecule has 4 aromatic carbocycles. The van der Waals surface area contributed by atoms with Crippen LogP contribution in [0.15, 0.2) is 109 Å². The molecule has 0 aliphatic carbocycles. The Kier molecular flexibility index (Phi) is 6.98. The van der Waals surface area contributed by atoms with E-state index in [9.17, 15) is 4.79 Å². The molecule has 0 aliphatic heterocycles. The van der Waals surface area contributed by atoms with Crippen LogP contribution in [-0.2, 0) is 24.3 Å². The Morgan fingerprint density at radius 3 is 1.78 bits per heavy atom. The number of methoxy groups -OCH3 is 1. The SMILES string of the molecule is COc1ccc(-c2ccccc2CC(=O)N(Cc2ccccc2)Cc2ccccc2)cc1. The summed E-state index contributed by atoms with van der Waals surface area (Å²) >= 11 is 0. The van der Waals surface area contributed by atoms with E-state index < -0.39 is 0 Å². The summed E-state index contributed by atoms with van der Waals surface area (Å²) in [6, 6.07) is 36.4. The van der Waals surface area contributed by atoms with E-state index in [2.05, 4.69) is 30.3 Å². The molecule has 0 saturated carbocycles. The van der Waals surface area contributed by atoms with Gasteiger partial charge in [0.1, 0.15) is 5.75 Å². The second-order valence-electron chi connectivity index (χ2n) is 7.78. The van der Waals surface area contributed by atoms with Crippen molar-refractivity contribution in [3.05, 3.63) is 126 Å². The highest BCUT2D eigenvalue weighted by Gasteiger charge is 2.17. The van der Waals surface area contributed by atoms with Crippen molar-refractivity contribution in [3.8, 4) is 16.9 Å². The number of nitrogens with zero attached hydrogens (tertiary/aromatic N) is 1. The summed E-state index contributed by atoms with van der Waals surface area (Å²) in [7, 11) is 1.66. The molecule has 160 valence electrons. The third kappa shape index (κ3) is 5.44. The first-order chi connectivity index (χ1) is 15.7. The summed E-state index contributed by atoms with van der Waals surface area (Å²) < 4.78 is 5.28. The van der Waals surface area contributed by atoms with Crippen LogP contribution in [0.1, 0.15) is 16.7 Å². The molecule has 1 amide bonds. The predicted octanol–water partition coefficient (Wildman–Crippen LogP) is 6.13. The van der Waals surface area contributed by atoms with Gasteiger partial charge in [-0.15, -0.1) is 0 Å². The lowest BCUT2D eigenvalue weighted by Gasteiger charge is -2.24. The van der Waals surface area contributed by atoms with Crippen molar-refractivity contribution in [1.29, 1.82) is 0 Å². The van der Waals surface area contributed by atoms with Gasteiger partial charge in [-0.3, -0.25) is 4.79 Å². The fraction of sp³-hybridized carbons (Fsp3) is 0.138. The molecule has 0 N–H and O–H groups in total. The van der Waals surface area contributed by atoms with E-state index in [4.69, 9.17) is 4.74 Å². The third-order valence-electron chi connectivity index (χ3n) is 5.55. The lowest BCUT2D eigenvalue weighted by Crippen LogP contribution is -2.31. The minimum absolute atomic E-state index is 0.110. The molecule has 0 bridgehead atoms. The molecular formula is C29H27NO2. The van der Waals surface area contributed by atoms with Crippen LogP contribution in [0.2, 0.25) is 0 Å². The van der Waals surface area contributed by atoms with Crippen molar-refractivity contribution < 1.29 is 9.53 Å². The normalized spacial score (nSPS) is 10.5. The minimum Gasteiger partial charge on any atom is -0.497 e. The van der Waals surface area contributed by atoms with Crippen molar-refractivity contribution >= 4 is 5.91 Å². The fourth-order valence-corrected chi connectivity index (χ4v) is 3.84. The topological polar surface area (TPSA) is 29.5 Å². The zero-order valence-corrected chi connectivity index (χ0v) is 18.3. The lowest BCUT2D eigenvalue weighted by molar-refractivity contribution is -0.131. The minimum atomic E-state index is 0.110. The highest BCUT2D eigenvalue weighted by atomic mass is 16.5. The summed E-state index contributed by atoms with van der Waals surface area (Å²) in [5.41, 5.74) is 5.42. The van der Waals surface area contributed by atoms with E-state index in [0.717, 1.165) is 33.6 Å². The van der Waals surface area contributed by atoms with Gasteiger partial charge in [-0.05, 0) is 39.9 Å². The molecule has 0 spiro atoms. The van der Waals surface area contributed by atoms with Crippen LogP contribution in [0, 0.1) is 0 Å². The highest BCUT2D eigenvalue weighted by Crippen LogP contribution is 2.27. The maximum Gasteiger partial charge on any atom is 0.227 e. The monoisotopic (exact) mass is 421 g/mol. The van der Waals surface area contributed by atoms with Crippen LogP contribution < -0.4 is 4.74 Å². The Hall–Kier alpha value is -3.85. The molecular weight excluding hydrogens is 394 g/mol. The quantitative estimate of drug-likeness (QED) is 0.342. The number of ether oxygens (including phenoxy) is 1. The second-order valence-corrected chi connectivity index (χ2v) is 7.78. The molecule has 0 aromatic heterocycles. The van der Waals surface area contributed by atoms with Gasteiger partial charge in [-0.1, -0.05) is 97.1 Å². The van der Waals surface area contributed by atoms with Crippen molar-refractivity contribution in [3.63, 3.8) is 0 Å². The number of hydrogen-bond donors (Lipinski definition) is 0. The summed E-state index contributed by atoms with van der Waals surface area (Å²) in [5.74, 6) is 0.929. The van der Waals surface area contributed by atoms with Gasteiger partial charge in [0.2, 0.25) is 5.91 Å². The van der Waals surface area contributed by atoms with E-state index in [1.807, 2.05) is 83.8 Å². The van der Waals surface area contributed by atoms with E-state index in [0.29, 0.717) is 19.5 Å². The van der Waals surface area contributed by atoms with E-state index in [1.54, 1.807) is 7.11 Å². The van der Waals surface area contributed by atoms with Gasteiger partial charge in [0.15, 0.2) is 0 Å². The van der Waals surface area contributed by atoms with Crippen molar-refractivity contribution in [1.82, 2.24) is 4.90 Å². The Morgan fingerprint density at radius 1 is 0.688 bits per heavy atom. The summed E-state index contributed by atoms with van der Waals surface area (Å²) in [4.78, 5) is 15.5. The number of amides is 1. The zero-order chi connectivity index (χ0) is 22.2. The van der Waals surface area contributed by atoms with Crippen molar-refractivity contribution in [2.75, 3.05) is 7.11 Å².